The summed E-state index contributed by atoms with van der Waals surface area (Å²) in [5, 5.41) is 13.8. The minimum Gasteiger partial charge on any atom is -0.618 e. The van der Waals surface area contributed by atoms with Gasteiger partial charge in [0, 0.05) is 23.6 Å². The minimum absolute atomic E-state index is 0.124. The maximum atomic E-state index is 14.2. The van der Waals surface area contributed by atoms with Crippen LogP contribution < -0.4 is 20.5 Å². The van der Waals surface area contributed by atoms with Crippen molar-refractivity contribution in [3.05, 3.63) is 58.6 Å². The molecule has 13 heteroatoms. The van der Waals surface area contributed by atoms with Crippen LogP contribution in [0.15, 0.2) is 30.5 Å². The SMILES string of the molecule is COc1c([C@H]2C[C@](C)(C(F)(F)F)O[C@@H]2C(=O)Nc2cc[n+]([O-])c(C(N)=O)c2)ccc(F)c1F. The van der Waals surface area contributed by atoms with Gasteiger partial charge in [-0.1, -0.05) is 6.07 Å². The molecule has 0 saturated carbocycles. The van der Waals surface area contributed by atoms with Crippen molar-refractivity contribution in [1.29, 1.82) is 0 Å². The zero-order valence-corrected chi connectivity index (χ0v) is 17.2. The number of anilines is 1. The molecule has 2 amide bonds. The average Bonchev–Trinajstić information content (AvgIpc) is 3.10. The fourth-order valence-electron chi connectivity index (χ4n) is 3.63. The number of nitrogens with two attached hydrogens (primary N) is 1. The average molecular weight is 475 g/mol. The molecule has 1 aromatic heterocycles. The zero-order valence-electron chi connectivity index (χ0n) is 17.2. The Morgan fingerprint density at radius 1 is 1.30 bits per heavy atom. The number of carbonyl (C=O) groups excluding carboxylic acids is 2. The molecule has 2 heterocycles. The van der Waals surface area contributed by atoms with Crippen LogP contribution in [0.5, 0.6) is 5.75 Å². The summed E-state index contributed by atoms with van der Waals surface area (Å²) >= 11 is 0. The van der Waals surface area contributed by atoms with Gasteiger partial charge in [-0.25, -0.2) is 4.39 Å². The van der Waals surface area contributed by atoms with Gasteiger partial charge in [-0.05, 0) is 19.4 Å². The van der Waals surface area contributed by atoms with Gasteiger partial charge in [-0.15, -0.1) is 0 Å². The van der Waals surface area contributed by atoms with E-state index < -0.39 is 65.1 Å². The number of ether oxygens (including phenoxy) is 2. The van der Waals surface area contributed by atoms with Crippen LogP contribution in [0.25, 0.3) is 0 Å². The Bertz CT molecular complexity index is 1110. The maximum absolute atomic E-state index is 14.2. The van der Waals surface area contributed by atoms with Crippen molar-refractivity contribution in [2.45, 2.75) is 37.1 Å². The molecule has 8 nitrogen and oxygen atoms in total. The second-order valence-corrected chi connectivity index (χ2v) is 7.54. The standard InChI is InChI=1S/C20H18F5N3O5/c1-19(20(23,24)25)8-11(10-3-4-12(21)14(22)15(10)32-2)16(33-19)18(30)27-9-5-6-28(31)13(7-9)17(26)29/h3-7,11,16H,8H2,1-2H3,(H2,26,29)(H,27,30)/t11-,16+,19-/m1/s1. The number of nitrogens with zero attached hydrogens (tertiary/aromatic N) is 1. The van der Waals surface area contributed by atoms with Crippen LogP contribution in [0.2, 0.25) is 0 Å². The summed E-state index contributed by atoms with van der Waals surface area (Å²) in [6, 6.07) is 3.73. The van der Waals surface area contributed by atoms with E-state index >= 15 is 0 Å². The van der Waals surface area contributed by atoms with Crippen molar-refractivity contribution < 1.29 is 45.7 Å². The summed E-state index contributed by atoms with van der Waals surface area (Å²) in [6.07, 6.45) is -6.64. The molecule has 0 unspecified atom stereocenters. The molecule has 3 atom stereocenters. The molecular formula is C20H18F5N3O5. The second-order valence-electron chi connectivity index (χ2n) is 7.54. The number of primary amides is 1. The number of methoxy groups -OCH3 is 1. The molecule has 1 aromatic carbocycles. The number of aromatic nitrogens is 1. The lowest BCUT2D eigenvalue weighted by Crippen LogP contribution is -2.43. The van der Waals surface area contributed by atoms with E-state index in [4.69, 9.17) is 15.2 Å². The first-order chi connectivity index (χ1) is 15.3. The number of hydrogen-bond donors (Lipinski definition) is 2. The third-order valence-corrected chi connectivity index (χ3v) is 5.34. The number of benzene rings is 1. The van der Waals surface area contributed by atoms with Gasteiger partial charge < -0.3 is 25.7 Å². The molecule has 1 saturated heterocycles. The number of halogens is 5. The molecule has 178 valence electrons. The van der Waals surface area contributed by atoms with E-state index in [1.165, 1.54) is 0 Å². The van der Waals surface area contributed by atoms with Gasteiger partial charge in [0.05, 0.1) is 12.8 Å². The van der Waals surface area contributed by atoms with Gasteiger partial charge in [-0.2, -0.15) is 22.3 Å². The van der Waals surface area contributed by atoms with E-state index in [1.54, 1.807) is 0 Å². The topological polar surface area (TPSA) is 118 Å². The van der Waals surface area contributed by atoms with Crippen LogP contribution in [-0.2, 0) is 9.53 Å². The number of nitrogens with one attached hydrogen (secondary N) is 1. The van der Waals surface area contributed by atoms with Crippen molar-refractivity contribution in [3.8, 4) is 5.75 Å². The quantitative estimate of drug-likeness (QED) is 0.392. The summed E-state index contributed by atoms with van der Waals surface area (Å²) in [7, 11) is 1.00. The lowest BCUT2D eigenvalue weighted by Gasteiger charge is -2.27. The van der Waals surface area contributed by atoms with Crippen LogP contribution in [0, 0.1) is 16.8 Å². The summed E-state index contributed by atoms with van der Waals surface area (Å²) in [4.78, 5) is 24.3. The highest BCUT2D eigenvalue weighted by molar-refractivity contribution is 5.97. The van der Waals surface area contributed by atoms with Crippen molar-refractivity contribution in [3.63, 3.8) is 0 Å². The highest BCUT2D eigenvalue weighted by Crippen LogP contribution is 2.51. The molecule has 1 aliphatic heterocycles. The van der Waals surface area contributed by atoms with Crippen molar-refractivity contribution in [2.75, 3.05) is 12.4 Å². The first kappa shape index (κ1) is 24.2. The summed E-state index contributed by atoms with van der Waals surface area (Å²) in [6.45, 7) is 0.730. The molecule has 0 spiro atoms. The van der Waals surface area contributed by atoms with Crippen LogP contribution in [0.4, 0.5) is 27.6 Å². The van der Waals surface area contributed by atoms with Crippen molar-refractivity contribution in [1.82, 2.24) is 0 Å². The Morgan fingerprint density at radius 3 is 2.55 bits per heavy atom. The molecule has 3 N–H and O–H groups in total. The number of carbonyl (C=O) groups is 2. The highest BCUT2D eigenvalue weighted by Gasteiger charge is 2.61. The van der Waals surface area contributed by atoms with Crippen LogP contribution in [0.1, 0.15) is 35.3 Å². The van der Waals surface area contributed by atoms with E-state index in [0.717, 1.165) is 38.4 Å². The number of amides is 2. The lowest BCUT2D eigenvalue weighted by atomic mass is 9.85. The van der Waals surface area contributed by atoms with Gasteiger partial charge in [0.2, 0.25) is 5.82 Å². The third-order valence-electron chi connectivity index (χ3n) is 5.34. The van der Waals surface area contributed by atoms with Crippen molar-refractivity contribution >= 4 is 17.5 Å². The second kappa shape index (κ2) is 8.46. The monoisotopic (exact) mass is 475 g/mol. The first-order valence-corrected chi connectivity index (χ1v) is 9.39. The fraction of sp³-hybridized carbons (Fsp3) is 0.350. The van der Waals surface area contributed by atoms with Crippen molar-refractivity contribution in [2.24, 2.45) is 5.73 Å². The van der Waals surface area contributed by atoms with Gasteiger partial charge in [0.25, 0.3) is 11.6 Å². The Labute approximate surface area is 183 Å². The first-order valence-electron chi connectivity index (χ1n) is 9.39. The minimum atomic E-state index is -4.90. The molecule has 2 aromatic rings. The Balaban J connectivity index is 2.02. The number of pyridine rings is 1. The predicted molar refractivity (Wildman–Crippen MR) is 102 cm³/mol. The van der Waals surface area contributed by atoms with E-state index in [0.29, 0.717) is 6.07 Å². The molecule has 0 aliphatic carbocycles. The lowest BCUT2D eigenvalue weighted by molar-refractivity contribution is -0.607. The highest BCUT2D eigenvalue weighted by atomic mass is 19.4. The fourth-order valence-corrected chi connectivity index (χ4v) is 3.63. The van der Waals surface area contributed by atoms with Crippen LogP contribution in [0.3, 0.4) is 0 Å². The molecule has 0 bridgehead atoms. The van der Waals surface area contributed by atoms with Gasteiger partial charge >= 0.3 is 12.1 Å². The Morgan fingerprint density at radius 2 is 1.97 bits per heavy atom. The van der Waals surface area contributed by atoms with E-state index in [1.807, 2.05) is 0 Å². The molecule has 3 rings (SSSR count). The summed E-state index contributed by atoms with van der Waals surface area (Å²) in [5.41, 5.74) is 1.43. The normalized spacial score (nSPS) is 22.8. The Kier molecular flexibility index (Phi) is 6.20. The van der Waals surface area contributed by atoms with Crippen LogP contribution >= 0.6 is 0 Å². The third kappa shape index (κ3) is 4.40. The summed E-state index contributed by atoms with van der Waals surface area (Å²) < 4.78 is 79.1. The molecule has 1 fully saturated rings. The molecule has 0 radical (unpaired) electrons. The van der Waals surface area contributed by atoms with Gasteiger partial charge in [-0.3, -0.25) is 9.59 Å². The van der Waals surface area contributed by atoms with E-state index in [2.05, 4.69) is 5.32 Å². The largest absolute Gasteiger partial charge is 0.618 e. The number of rotatable bonds is 5. The molecule has 33 heavy (non-hydrogen) atoms. The molecular weight excluding hydrogens is 457 g/mol. The number of alkyl halides is 3. The molecule has 1 aliphatic rings. The number of hydrogen-bond acceptors (Lipinski definition) is 5. The van der Waals surface area contributed by atoms with Gasteiger partial charge in [0.15, 0.2) is 23.4 Å². The van der Waals surface area contributed by atoms with E-state index in [9.17, 15) is 36.7 Å². The predicted octanol–water partition coefficient (Wildman–Crippen LogP) is 2.54. The maximum Gasteiger partial charge on any atom is 0.417 e. The van der Waals surface area contributed by atoms with E-state index in [-0.39, 0.29) is 16.0 Å². The summed E-state index contributed by atoms with van der Waals surface area (Å²) in [5.74, 6) is -6.94. The van der Waals surface area contributed by atoms with Gasteiger partial charge in [0.1, 0.15) is 6.10 Å². The Hall–Kier alpha value is -3.48. The van der Waals surface area contributed by atoms with Crippen LogP contribution in [-0.4, -0.2) is 36.8 Å². The smallest absolute Gasteiger partial charge is 0.417 e. The zero-order chi connectivity index (χ0) is 24.7.